The molecule has 0 aliphatic heterocycles. The Balaban J connectivity index is 2.06. The first-order chi connectivity index (χ1) is 10.2. The molecule has 2 rings (SSSR count). The second-order valence-corrected chi connectivity index (χ2v) is 5.71. The molecule has 0 spiro atoms. The Kier molecular flexibility index (Phi) is 5.65. The van der Waals surface area contributed by atoms with Gasteiger partial charge in [0.25, 0.3) is 0 Å². The summed E-state index contributed by atoms with van der Waals surface area (Å²) in [5.74, 6) is 0.481. The van der Waals surface area contributed by atoms with Crippen molar-refractivity contribution in [2.45, 2.75) is 18.9 Å². The van der Waals surface area contributed by atoms with Crippen LogP contribution in [-0.2, 0) is 0 Å². The molecule has 114 valence electrons. The Hall–Kier alpha value is -1.52. The molecule has 0 saturated heterocycles. The maximum absolute atomic E-state index is 12.3. The van der Waals surface area contributed by atoms with Crippen LogP contribution in [-0.4, -0.2) is 35.7 Å². The molecular weight excluding hydrogens is 288 g/mol. The highest BCUT2D eigenvalue weighted by Gasteiger charge is 2.34. The summed E-state index contributed by atoms with van der Waals surface area (Å²) in [6, 6.07) is 7.42. The number of urea groups is 1. The monoisotopic (exact) mass is 308 g/mol. The first-order valence-electron chi connectivity index (χ1n) is 7.18. The summed E-state index contributed by atoms with van der Waals surface area (Å²) in [5.41, 5.74) is 1.07. The largest absolute Gasteiger partial charge is 0.395 e. The van der Waals surface area contributed by atoms with Crippen LogP contribution >= 0.6 is 11.6 Å². The van der Waals surface area contributed by atoms with Crippen molar-refractivity contribution in [2.75, 3.05) is 19.7 Å². The van der Waals surface area contributed by atoms with Gasteiger partial charge in [-0.3, -0.25) is 0 Å². The van der Waals surface area contributed by atoms with Crippen molar-refractivity contribution in [1.82, 2.24) is 10.2 Å². The summed E-state index contributed by atoms with van der Waals surface area (Å²) in [4.78, 5) is 13.9. The Morgan fingerprint density at radius 3 is 2.67 bits per heavy atom. The van der Waals surface area contributed by atoms with E-state index in [1.165, 1.54) is 0 Å². The van der Waals surface area contributed by atoms with E-state index in [1.54, 1.807) is 11.0 Å². The standard InChI is InChI=1S/C16H21ClN2O2/c1-2-9-19(10-11-20)16(21)18-15(12-3-4-12)13-5-7-14(17)8-6-13/h2,5-8,12,15,20H,1,3-4,9-11H2,(H,18,21). The lowest BCUT2D eigenvalue weighted by Crippen LogP contribution is -2.43. The number of amides is 2. The number of halogens is 1. The predicted molar refractivity (Wildman–Crippen MR) is 84.3 cm³/mol. The highest BCUT2D eigenvalue weighted by atomic mass is 35.5. The third kappa shape index (κ3) is 4.48. The molecule has 0 heterocycles. The Morgan fingerprint density at radius 2 is 2.14 bits per heavy atom. The third-order valence-electron chi connectivity index (χ3n) is 3.61. The second-order valence-electron chi connectivity index (χ2n) is 5.27. The van der Waals surface area contributed by atoms with Crippen LogP contribution in [0.4, 0.5) is 4.79 Å². The van der Waals surface area contributed by atoms with Gasteiger partial charge in [0.1, 0.15) is 0 Å². The van der Waals surface area contributed by atoms with E-state index in [0.717, 1.165) is 18.4 Å². The molecule has 4 nitrogen and oxygen atoms in total. The zero-order valence-electron chi connectivity index (χ0n) is 12.0. The Morgan fingerprint density at radius 1 is 1.48 bits per heavy atom. The van der Waals surface area contributed by atoms with Gasteiger partial charge in [-0.2, -0.15) is 0 Å². The average molecular weight is 309 g/mol. The van der Waals surface area contributed by atoms with Gasteiger partial charge >= 0.3 is 6.03 Å². The fraction of sp³-hybridized carbons (Fsp3) is 0.438. The van der Waals surface area contributed by atoms with E-state index in [2.05, 4.69) is 11.9 Å². The number of hydrogen-bond donors (Lipinski definition) is 2. The van der Waals surface area contributed by atoms with Crippen molar-refractivity contribution in [3.05, 3.63) is 47.5 Å². The van der Waals surface area contributed by atoms with E-state index >= 15 is 0 Å². The van der Waals surface area contributed by atoms with Crippen molar-refractivity contribution in [1.29, 1.82) is 0 Å². The number of carbonyl (C=O) groups excluding carboxylic acids is 1. The maximum atomic E-state index is 12.3. The molecular formula is C16H21ClN2O2. The number of nitrogens with zero attached hydrogens (tertiary/aromatic N) is 1. The summed E-state index contributed by atoms with van der Waals surface area (Å²) < 4.78 is 0. The van der Waals surface area contributed by atoms with Gasteiger partial charge in [-0.15, -0.1) is 6.58 Å². The normalized spacial score (nSPS) is 15.3. The number of benzene rings is 1. The minimum atomic E-state index is -0.171. The zero-order chi connectivity index (χ0) is 15.2. The number of nitrogens with one attached hydrogen (secondary N) is 1. The molecule has 2 amide bonds. The smallest absolute Gasteiger partial charge is 0.318 e. The fourth-order valence-corrected chi connectivity index (χ4v) is 2.48. The Labute approximate surface area is 130 Å². The molecule has 1 aromatic rings. The Bertz CT molecular complexity index is 486. The lowest BCUT2D eigenvalue weighted by atomic mass is 10.0. The number of aliphatic hydroxyl groups is 1. The fourth-order valence-electron chi connectivity index (χ4n) is 2.35. The molecule has 1 aromatic carbocycles. The van der Waals surface area contributed by atoms with Crippen LogP contribution in [0, 0.1) is 5.92 Å². The molecule has 1 saturated carbocycles. The molecule has 1 fully saturated rings. The SMILES string of the molecule is C=CCN(CCO)C(=O)NC(c1ccc(Cl)cc1)C1CC1. The molecule has 1 aliphatic rings. The van der Waals surface area contributed by atoms with Gasteiger partial charge < -0.3 is 15.3 Å². The summed E-state index contributed by atoms with van der Waals surface area (Å²) in [6.07, 6.45) is 3.90. The first-order valence-corrected chi connectivity index (χ1v) is 7.56. The van der Waals surface area contributed by atoms with Crippen LogP contribution in [0.1, 0.15) is 24.4 Å². The van der Waals surface area contributed by atoms with Gasteiger partial charge in [-0.1, -0.05) is 29.8 Å². The molecule has 0 aromatic heterocycles. The number of hydrogen-bond acceptors (Lipinski definition) is 2. The van der Waals surface area contributed by atoms with Crippen molar-refractivity contribution < 1.29 is 9.90 Å². The maximum Gasteiger partial charge on any atom is 0.318 e. The molecule has 1 atom stereocenters. The van der Waals surface area contributed by atoms with Crippen molar-refractivity contribution in [3.63, 3.8) is 0 Å². The van der Waals surface area contributed by atoms with E-state index in [0.29, 0.717) is 24.0 Å². The van der Waals surface area contributed by atoms with E-state index < -0.39 is 0 Å². The van der Waals surface area contributed by atoms with E-state index in [-0.39, 0.29) is 18.7 Å². The number of aliphatic hydroxyl groups excluding tert-OH is 1. The predicted octanol–water partition coefficient (Wildman–Crippen LogP) is 2.98. The lowest BCUT2D eigenvalue weighted by Gasteiger charge is -2.25. The van der Waals surface area contributed by atoms with E-state index in [9.17, 15) is 4.79 Å². The zero-order valence-corrected chi connectivity index (χ0v) is 12.7. The molecule has 2 N–H and O–H groups in total. The van der Waals surface area contributed by atoms with Crippen LogP contribution in [0.15, 0.2) is 36.9 Å². The molecule has 5 heteroatoms. The summed E-state index contributed by atoms with van der Waals surface area (Å²) >= 11 is 5.92. The van der Waals surface area contributed by atoms with Crippen molar-refractivity contribution >= 4 is 17.6 Å². The number of carbonyl (C=O) groups is 1. The average Bonchev–Trinajstić information content (AvgIpc) is 3.30. The summed E-state index contributed by atoms with van der Waals surface area (Å²) in [7, 11) is 0. The van der Waals surface area contributed by atoms with Crippen molar-refractivity contribution in [3.8, 4) is 0 Å². The highest BCUT2D eigenvalue weighted by molar-refractivity contribution is 6.30. The van der Waals surface area contributed by atoms with Gasteiger partial charge in [-0.25, -0.2) is 4.79 Å². The molecule has 1 aliphatic carbocycles. The van der Waals surface area contributed by atoms with Crippen LogP contribution in [0.25, 0.3) is 0 Å². The molecule has 21 heavy (non-hydrogen) atoms. The topological polar surface area (TPSA) is 52.6 Å². The van der Waals surface area contributed by atoms with Crippen LogP contribution < -0.4 is 5.32 Å². The van der Waals surface area contributed by atoms with E-state index in [1.807, 2.05) is 24.3 Å². The van der Waals surface area contributed by atoms with Gasteiger partial charge in [0.05, 0.1) is 12.6 Å². The second kappa shape index (κ2) is 7.48. The molecule has 0 radical (unpaired) electrons. The minimum Gasteiger partial charge on any atom is -0.395 e. The first kappa shape index (κ1) is 15.9. The number of rotatable bonds is 7. The third-order valence-corrected chi connectivity index (χ3v) is 3.86. The quantitative estimate of drug-likeness (QED) is 0.761. The van der Waals surface area contributed by atoms with E-state index in [4.69, 9.17) is 16.7 Å². The van der Waals surface area contributed by atoms with Crippen molar-refractivity contribution in [2.24, 2.45) is 5.92 Å². The van der Waals surface area contributed by atoms with Gasteiger partial charge in [0.2, 0.25) is 0 Å². The van der Waals surface area contributed by atoms with Crippen LogP contribution in [0.3, 0.4) is 0 Å². The molecule has 0 bridgehead atoms. The van der Waals surface area contributed by atoms with Crippen LogP contribution in [0.5, 0.6) is 0 Å². The minimum absolute atomic E-state index is 0.000717. The summed E-state index contributed by atoms with van der Waals surface area (Å²) in [6.45, 7) is 4.30. The van der Waals surface area contributed by atoms with Gasteiger partial charge in [-0.05, 0) is 36.5 Å². The lowest BCUT2D eigenvalue weighted by molar-refractivity contribution is 0.179. The van der Waals surface area contributed by atoms with Gasteiger partial charge in [0, 0.05) is 18.1 Å². The highest BCUT2D eigenvalue weighted by Crippen LogP contribution is 2.41. The van der Waals surface area contributed by atoms with Gasteiger partial charge in [0.15, 0.2) is 0 Å². The van der Waals surface area contributed by atoms with Crippen LogP contribution in [0.2, 0.25) is 5.02 Å². The molecule has 1 unspecified atom stereocenters. The summed E-state index contributed by atoms with van der Waals surface area (Å²) in [5, 5.41) is 12.8.